The molecule has 110 valence electrons. The standard InChI is InChI=1S/C17H22N4/c1-13-5-7-20(10-14(13)8-18)11-15-12-21-6-3-2-4-17(21)16(15)9-19/h2-4,6,12-14H,5,7-8,10-11,18H2,1H3. The van der Waals surface area contributed by atoms with Gasteiger partial charge in [-0.1, -0.05) is 13.0 Å². The summed E-state index contributed by atoms with van der Waals surface area (Å²) >= 11 is 0. The van der Waals surface area contributed by atoms with Crippen LogP contribution in [0.3, 0.4) is 0 Å². The van der Waals surface area contributed by atoms with Crippen molar-refractivity contribution < 1.29 is 0 Å². The Labute approximate surface area is 125 Å². The van der Waals surface area contributed by atoms with E-state index in [0.29, 0.717) is 11.8 Å². The lowest BCUT2D eigenvalue weighted by Gasteiger charge is -2.36. The normalized spacial score (nSPS) is 23.3. The van der Waals surface area contributed by atoms with Gasteiger partial charge in [-0.15, -0.1) is 0 Å². The van der Waals surface area contributed by atoms with E-state index in [1.165, 1.54) is 6.42 Å². The smallest absolute Gasteiger partial charge is 0.102 e. The van der Waals surface area contributed by atoms with E-state index in [2.05, 4.69) is 24.1 Å². The molecule has 0 saturated carbocycles. The molecule has 0 aliphatic carbocycles. The van der Waals surface area contributed by atoms with E-state index < -0.39 is 0 Å². The minimum Gasteiger partial charge on any atom is -0.330 e. The molecule has 21 heavy (non-hydrogen) atoms. The second-order valence-electron chi connectivity index (χ2n) is 6.13. The third kappa shape index (κ3) is 2.67. The second kappa shape index (κ2) is 5.88. The Morgan fingerprint density at radius 3 is 3.05 bits per heavy atom. The molecular weight excluding hydrogens is 260 g/mol. The summed E-state index contributed by atoms with van der Waals surface area (Å²) in [7, 11) is 0. The van der Waals surface area contributed by atoms with Gasteiger partial charge in [0.15, 0.2) is 0 Å². The number of aromatic nitrogens is 1. The molecule has 1 aliphatic rings. The van der Waals surface area contributed by atoms with Gasteiger partial charge in [0.1, 0.15) is 6.07 Å². The maximum atomic E-state index is 9.47. The van der Waals surface area contributed by atoms with Crippen molar-refractivity contribution in [3.63, 3.8) is 0 Å². The molecule has 1 saturated heterocycles. The number of hydrogen-bond acceptors (Lipinski definition) is 3. The van der Waals surface area contributed by atoms with Crippen LogP contribution in [0.4, 0.5) is 0 Å². The maximum Gasteiger partial charge on any atom is 0.102 e. The van der Waals surface area contributed by atoms with E-state index in [-0.39, 0.29) is 0 Å². The van der Waals surface area contributed by atoms with E-state index in [9.17, 15) is 5.26 Å². The van der Waals surface area contributed by atoms with Crippen LogP contribution in [-0.4, -0.2) is 28.9 Å². The van der Waals surface area contributed by atoms with Crippen LogP contribution in [0, 0.1) is 23.2 Å². The average Bonchev–Trinajstić information content (AvgIpc) is 2.86. The number of piperidine rings is 1. The lowest BCUT2D eigenvalue weighted by Crippen LogP contribution is -2.42. The van der Waals surface area contributed by atoms with Gasteiger partial charge >= 0.3 is 0 Å². The minimum absolute atomic E-state index is 0.571. The first-order valence-electron chi connectivity index (χ1n) is 7.64. The maximum absolute atomic E-state index is 9.47. The topological polar surface area (TPSA) is 57.5 Å². The van der Waals surface area contributed by atoms with Crippen molar-refractivity contribution in [2.24, 2.45) is 17.6 Å². The third-order valence-electron chi connectivity index (χ3n) is 4.77. The summed E-state index contributed by atoms with van der Waals surface area (Å²) in [5.74, 6) is 1.27. The highest BCUT2D eigenvalue weighted by molar-refractivity contribution is 5.65. The van der Waals surface area contributed by atoms with Crippen molar-refractivity contribution in [2.75, 3.05) is 19.6 Å². The molecule has 0 radical (unpaired) electrons. The van der Waals surface area contributed by atoms with Crippen molar-refractivity contribution in [3.8, 4) is 6.07 Å². The number of nitriles is 1. The van der Waals surface area contributed by atoms with Crippen LogP contribution in [0.5, 0.6) is 0 Å². The van der Waals surface area contributed by atoms with Crippen molar-refractivity contribution >= 4 is 5.52 Å². The zero-order chi connectivity index (χ0) is 14.8. The molecule has 4 heteroatoms. The number of likely N-dealkylation sites (tertiary alicyclic amines) is 1. The molecule has 2 N–H and O–H groups in total. The van der Waals surface area contributed by atoms with Gasteiger partial charge in [-0.25, -0.2) is 0 Å². The molecular formula is C17H22N4. The van der Waals surface area contributed by atoms with Crippen molar-refractivity contribution in [2.45, 2.75) is 19.9 Å². The second-order valence-corrected chi connectivity index (χ2v) is 6.13. The number of nitrogens with zero attached hydrogens (tertiary/aromatic N) is 3. The molecule has 0 amide bonds. The Balaban J connectivity index is 1.84. The summed E-state index contributed by atoms with van der Waals surface area (Å²) in [6.45, 7) is 6.01. The van der Waals surface area contributed by atoms with Crippen LogP contribution in [0.15, 0.2) is 30.6 Å². The van der Waals surface area contributed by atoms with Gasteiger partial charge in [0.25, 0.3) is 0 Å². The monoisotopic (exact) mass is 282 g/mol. The fourth-order valence-electron chi connectivity index (χ4n) is 3.34. The van der Waals surface area contributed by atoms with Crippen LogP contribution < -0.4 is 5.73 Å². The minimum atomic E-state index is 0.571. The van der Waals surface area contributed by atoms with Crippen LogP contribution in [0.2, 0.25) is 0 Å². The molecule has 3 heterocycles. The van der Waals surface area contributed by atoms with Gasteiger partial charge in [-0.3, -0.25) is 4.90 Å². The zero-order valence-electron chi connectivity index (χ0n) is 12.5. The van der Waals surface area contributed by atoms with Gasteiger partial charge in [-0.05, 0) is 43.5 Å². The van der Waals surface area contributed by atoms with E-state index in [4.69, 9.17) is 5.73 Å². The van der Waals surface area contributed by atoms with Gasteiger partial charge in [0.05, 0.1) is 11.1 Å². The first kappa shape index (κ1) is 14.1. The largest absolute Gasteiger partial charge is 0.330 e. The van der Waals surface area contributed by atoms with Crippen LogP contribution >= 0.6 is 0 Å². The zero-order valence-corrected chi connectivity index (χ0v) is 12.5. The van der Waals surface area contributed by atoms with Crippen LogP contribution in [0.1, 0.15) is 24.5 Å². The molecule has 2 aromatic heterocycles. The fraction of sp³-hybridized carbons (Fsp3) is 0.471. The van der Waals surface area contributed by atoms with Crippen molar-refractivity contribution in [1.29, 1.82) is 5.26 Å². The predicted octanol–water partition coefficient (Wildman–Crippen LogP) is 2.23. The van der Waals surface area contributed by atoms with E-state index in [0.717, 1.165) is 42.8 Å². The number of nitrogens with two attached hydrogens (primary N) is 1. The SMILES string of the molecule is CC1CCN(Cc2cn3ccccc3c2C#N)CC1CN. The third-order valence-corrected chi connectivity index (χ3v) is 4.77. The molecule has 2 atom stereocenters. The average molecular weight is 282 g/mol. The van der Waals surface area contributed by atoms with Gasteiger partial charge in [0, 0.05) is 31.0 Å². The molecule has 2 unspecified atom stereocenters. The van der Waals surface area contributed by atoms with Gasteiger partial charge in [-0.2, -0.15) is 5.26 Å². The molecule has 0 aromatic carbocycles. The highest BCUT2D eigenvalue weighted by atomic mass is 15.1. The Morgan fingerprint density at radius 1 is 1.43 bits per heavy atom. The molecule has 1 aliphatic heterocycles. The van der Waals surface area contributed by atoms with Crippen molar-refractivity contribution in [1.82, 2.24) is 9.30 Å². The Hall–Kier alpha value is -1.83. The molecule has 3 rings (SSSR count). The van der Waals surface area contributed by atoms with Crippen LogP contribution in [-0.2, 0) is 6.54 Å². The summed E-state index contributed by atoms with van der Waals surface area (Å²) in [4.78, 5) is 2.44. The molecule has 1 fully saturated rings. The quantitative estimate of drug-likeness (QED) is 0.939. The predicted molar refractivity (Wildman–Crippen MR) is 83.7 cm³/mol. The first-order valence-corrected chi connectivity index (χ1v) is 7.64. The van der Waals surface area contributed by atoms with E-state index >= 15 is 0 Å². The number of rotatable bonds is 3. The molecule has 0 spiro atoms. The summed E-state index contributed by atoms with van der Waals surface area (Å²) in [6, 6.07) is 8.34. The number of fused-ring (bicyclic) bond motifs is 1. The molecule has 4 nitrogen and oxygen atoms in total. The van der Waals surface area contributed by atoms with E-state index in [1.54, 1.807) is 0 Å². The summed E-state index contributed by atoms with van der Waals surface area (Å²) in [6.07, 6.45) is 5.28. The number of pyridine rings is 1. The summed E-state index contributed by atoms with van der Waals surface area (Å²) < 4.78 is 2.04. The first-order chi connectivity index (χ1) is 10.2. The Bertz CT molecular complexity index is 667. The van der Waals surface area contributed by atoms with Crippen LogP contribution in [0.25, 0.3) is 5.52 Å². The highest BCUT2D eigenvalue weighted by Crippen LogP contribution is 2.25. The van der Waals surface area contributed by atoms with Gasteiger partial charge in [0.2, 0.25) is 0 Å². The Morgan fingerprint density at radius 2 is 2.29 bits per heavy atom. The lowest BCUT2D eigenvalue weighted by molar-refractivity contribution is 0.126. The fourth-order valence-corrected chi connectivity index (χ4v) is 3.34. The van der Waals surface area contributed by atoms with Crippen molar-refractivity contribution in [3.05, 3.63) is 41.7 Å². The molecule has 0 bridgehead atoms. The lowest BCUT2D eigenvalue weighted by atomic mass is 9.87. The summed E-state index contributed by atoms with van der Waals surface area (Å²) in [5.41, 5.74) is 8.80. The highest BCUT2D eigenvalue weighted by Gasteiger charge is 2.25. The summed E-state index contributed by atoms with van der Waals surface area (Å²) in [5, 5.41) is 9.47. The molecule has 2 aromatic rings. The number of hydrogen-bond donors (Lipinski definition) is 1. The van der Waals surface area contributed by atoms with E-state index in [1.807, 2.05) is 28.8 Å². The Kier molecular flexibility index (Phi) is 3.96. The van der Waals surface area contributed by atoms with Gasteiger partial charge < -0.3 is 10.1 Å².